The summed E-state index contributed by atoms with van der Waals surface area (Å²) in [6, 6.07) is 0. The average molecular weight is 284 g/mol. The Morgan fingerprint density at radius 1 is 1.63 bits per heavy atom. The van der Waals surface area contributed by atoms with Gasteiger partial charge in [0, 0.05) is 18.3 Å². The van der Waals surface area contributed by atoms with Crippen LogP contribution in [-0.2, 0) is 14.3 Å². The molecule has 8 heteroatoms. The van der Waals surface area contributed by atoms with Gasteiger partial charge in [-0.05, 0) is 6.92 Å². The molecule has 1 aliphatic heterocycles. The van der Waals surface area contributed by atoms with Gasteiger partial charge in [-0.3, -0.25) is 14.5 Å². The Kier molecular flexibility index (Phi) is 3.79. The van der Waals surface area contributed by atoms with E-state index in [1.807, 2.05) is 0 Å². The second kappa shape index (κ2) is 5.35. The number of anilines is 1. The summed E-state index contributed by atoms with van der Waals surface area (Å²) in [4.78, 5) is 39.3. The topological polar surface area (TPSA) is 96.8 Å². The minimum atomic E-state index is -1.00. The van der Waals surface area contributed by atoms with Crippen LogP contribution in [0.5, 0.6) is 0 Å². The van der Waals surface area contributed by atoms with E-state index in [4.69, 9.17) is 9.84 Å². The summed E-state index contributed by atoms with van der Waals surface area (Å²) in [5, 5.41) is 10.7. The standard InChI is InChI=1S/C11H12N2O5S/c1-2-18-10(17)7-5-19-11(12-7)13-4-6(9(15)16)3-8(13)14/h5-6H,2-4H2,1H3,(H,15,16). The molecule has 1 N–H and O–H groups in total. The Bertz CT molecular complexity index is 527. The lowest BCUT2D eigenvalue weighted by molar-refractivity contribution is -0.141. The fourth-order valence-electron chi connectivity index (χ4n) is 1.74. The molecule has 102 valence electrons. The van der Waals surface area contributed by atoms with Crippen LogP contribution in [0.15, 0.2) is 5.38 Å². The average Bonchev–Trinajstić information content (AvgIpc) is 2.95. The van der Waals surface area contributed by atoms with E-state index in [2.05, 4.69) is 4.98 Å². The van der Waals surface area contributed by atoms with Gasteiger partial charge in [-0.15, -0.1) is 11.3 Å². The molecule has 19 heavy (non-hydrogen) atoms. The highest BCUT2D eigenvalue weighted by molar-refractivity contribution is 7.14. The van der Waals surface area contributed by atoms with E-state index in [0.717, 1.165) is 11.3 Å². The molecule has 1 unspecified atom stereocenters. The van der Waals surface area contributed by atoms with Gasteiger partial charge in [-0.25, -0.2) is 9.78 Å². The van der Waals surface area contributed by atoms with Gasteiger partial charge >= 0.3 is 11.9 Å². The van der Waals surface area contributed by atoms with Crippen molar-refractivity contribution in [2.24, 2.45) is 5.92 Å². The first-order valence-electron chi connectivity index (χ1n) is 5.68. The Morgan fingerprint density at radius 3 is 2.95 bits per heavy atom. The van der Waals surface area contributed by atoms with Crippen molar-refractivity contribution in [1.29, 1.82) is 0 Å². The highest BCUT2D eigenvalue weighted by Gasteiger charge is 2.36. The monoisotopic (exact) mass is 284 g/mol. The lowest BCUT2D eigenvalue weighted by atomic mass is 10.1. The molecule has 0 aromatic carbocycles. The molecule has 0 aliphatic carbocycles. The van der Waals surface area contributed by atoms with Crippen LogP contribution >= 0.6 is 11.3 Å². The minimum absolute atomic E-state index is 0.0380. The van der Waals surface area contributed by atoms with Crippen molar-refractivity contribution in [2.45, 2.75) is 13.3 Å². The maximum atomic E-state index is 11.7. The van der Waals surface area contributed by atoms with E-state index < -0.39 is 17.9 Å². The van der Waals surface area contributed by atoms with Gasteiger partial charge in [0.15, 0.2) is 10.8 Å². The first-order chi connectivity index (χ1) is 9.02. The number of hydrogen-bond acceptors (Lipinski definition) is 6. The Balaban J connectivity index is 2.13. The predicted octanol–water partition coefficient (Wildman–Crippen LogP) is 0.757. The predicted molar refractivity (Wildman–Crippen MR) is 66.2 cm³/mol. The highest BCUT2D eigenvalue weighted by atomic mass is 32.1. The number of nitrogens with zero attached hydrogens (tertiary/aromatic N) is 2. The van der Waals surface area contributed by atoms with Crippen LogP contribution in [0.3, 0.4) is 0 Å². The van der Waals surface area contributed by atoms with E-state index >= 15 is 0 Å². The second-order valence-electron chi connectivity index (χ2n) is 3.98. The maximum Gasteiger partial charge on any atom is 0.357 e. The van der Waals surface area contributed by atoms with Gasteiger partial charge in [-0.2, -0.15) is 0 Å². The third-order valence-corrected chi connectivity index (χ3v) is 3.55. The number of thiazole rings is 1. The quantitative estimate of drug-likeness (QED) is 0.820. The highest BCUT2D eigenvalue weighted by Crippen LogP contribution is 2.28. The fraction of sp³-hybridized carbons (Fsp3) is 0.455. The Morgan fingerprint density at radius 2 is 2.37 bits per heavy atom. The summed E-state index contributed by atoms with van der Waals surface area (Å²) in [6.45, 7) is 2.02. The first-order valence-corrected chi connectivity index (χ1v) is 6.56. The van der Waals surface area contributed by atoms with Crippen molar-refractivity contribution < 1.29 is 24.2 Å². The lowest BCUT2D eigenvalue weighted by Gasteiger charge is -2.11. The van der Waals surface area contributed by atoms with Gasteiger partial charge in [0.25, 0.3) is 0 Å². The molecule has 2 rings (SSSR count). The van der Waals surface area contributed by atoms with Crippen molar-refractivity contribution in [3.05, 3.63) is 11.1 Å². The number of amides is 1. The molecule has 1 aliphatic rings. The van der Waals surface area contributed by atoms with Crippen LogP contribution < -0.4 is 4.90 Å². The Labute approximate surface area is 112 Å². The summed E-state index contributed by atoms with van der Waals surface area (Å²) in [7, 11) is 0. The van der Waals surface area contributed by atoms with Crippen LogP contribution in [0.25, 0.3) is 0 Å². The van der Waals surface area contributed by atoms with Crippen molar-refractivity contribution >= 4 is 34.3 Å². The lowest BCUT2D eigenvalue weighted by Crippen LogP contribution is -2.25. The molecule has 7 nitrogen and oxygen atoms in total. The van der Waals surface area contributed by atoms with Crippen molar-refractivity contribution in [2.75, 3.05) is 18.1 Å². The first kappa shape index (κ1) is 13.5. The Hall–Kier alpha value is -1.96. The molecule has 2 heterocycles. The van der Waals surface area contributed by atoms with E-state index in [1.54, 1.807) is 6.92 Å². The summed E-state index contributed by atoms with van der Waals surface area (Å²) < 4.78 is 4.80. The largest absolute Gasteiger partial charge is 0.481 e. The van der Waals surface area contributed by atoms with Crippen LogP contribution in [0.1, 0.15) is 23.8 Å². The molecule has 1 aromatic heterocycles. The third-order valence-electron chi connectivity index (χ3n) is 2.68. The summed E-state index contributed by atoms with van der Waals surface area (Å²) in [5.41, 5.74) is 0.133. The molecule has 0 bridgehead atoms. The van der Waals surface area contributed by atoms with Crippen LogP contribution in [0.4, 0.5) is 5.13 Å². The number of aromatic nitrogens is 1. The number of aliphatic carboxylic acids is 1. The van der Waals surface area contributed by atoms with Gasteiger partial charge in [0.1, 0.15) is 0 Å². The summed E-state index contributed by atoms with van der Waals surface area (Å²) in [5.74, 6) is -2.57. The van der Waals surface area contributed by atoms with Gasteiger partial charge in [-0.1, -0.05) is 0 Å². The zero-order chi connectivity index (χ0) is 14.0. The number of carboxylic acids is 1. The smallest absolute Gasteiger partial charge is 0.357 e. The van der Waals surface area contributed by atoms with Crippen molar-refractivity contribution in [3.63, 3.8) is 0 Å². The fourth-order valence-corrected chi connectivity index (χ4v) is 2.57. The second-order valence-corrected chi connectivity index (χ2v) is 4.82. The maximum absolute atomic E-state index is 11.7. The van der Waals surface area contributed by atoms with Crippen LogP contribution in [0, 0.1) is 5.92 Å². The minimum Gasteiger partial charge on any atom is -0.481 e. The molecular formula is C11H12N2O5S. The number of esters is 1. The normalized spacial score (nSPS) is 18.7. The zero-order valence-corrected chi connectivity index (χ0v) is 11.0. The SMILES string of the molecule is CCOC(=O)c1csc(N2CC(C(=O)O)CC2=O)n1. The third kappa shape index (κ3) is 2.73. The number of hydrogen-bond donors (Lipinski definition) is 1. The number of ether oxygens (including phenoxy) is 1. The zero-order valence-electron chi connectivity index (χ0n) is 10.2. The molecule has 1 aromatic rings. The summed E-state index contributed by atoms with van der Waals surface area (Å²) in [6.07, 6.45) is -0.0380. The molecule has 1 atom stereocenters. The molecule has 0 spiro atoms. The number of rotatable bonds is 4. The van der Waals surface area contributed by atoms with E-state index in [9.17, 15) is 14.4 Å². The van der Waals surface area contributed by atoms with Crippen LogP contribution in [-0.4, -0.2) is 41.1 Å². The van der Waals surface area contributed by atoms with Gasteiger partial charge < -0.3 is 9.84 Å². The summed E-state index contributed by atoms with van der Waals surface area (Å²) >= 11 is 1.12. The molecule has 0 radical (unpaired) electrons. The van der Waals surface area contributed by atoms with Gasteiger partial charge in [0.2, 0.25) is 5.91 Å². The molecule has 1 saturated heterocycles. The molecule has 0 saturated carbocycles. The van der Waals surface area contributed by atoms with Crippen molar-refractivity contribution in [1.82, 2.24) is 4.98 Å². The molecule has 1 fully saturated rings. The number of carbonyl (C=O) groups is 3. The molecule has 1 amide bonds. The van der Waals surface area contributed by atoms with Crippen molar-refractivity contribution in [3.8, 4) is 0 Å². The number of carbonyl (C=O) groups excluding carboxylic acids is 2. The van der Waals surface area contributed by atoms with E-state index in [0.29, 0.717) is 5.13 Å². The number of carboxylic acid groups (broad SMARTS) is 1. The van der Waals surface area contributed by atoms with E-state index in [-0.39, 0.29) is 31.2 Å². The molecular weight excluding hydrogens is 272 g/mol. The van der Waals surface area contributed by atoms with E-state index in [1.165, 1.54) is 10.3 Å². The van der Waals surface area contributed by atoms with Gasteiger partial charge in [0.05, 0.1) is 12.5 Å². The van der Waals surface area contributed by atoms with Crippen LogP contribution in [0.2, 0.25) is 0 Å².